The predicted molar refractivity (Wildman–Crippen MR) is 192 cm³/mol. The summed E-state index contributed by atoms with van der Waals surface area (Å²) in [4.78, 5) is 6.84. The van der Waals surface area contributed by atoms with Crippen LogP contribution in [0, 0.1) is 0 Å². The van der Waals surface area contributed by atoms with Crippen molar-refractivity contribution in [2.45, 2.75) is 0 Å². The largest absolute Gasteiger partial charge is 0.438 e. The van der Waals surface area contributed by atoms with Gasteiger partial charge >= 0.3 is 0 Å². The fourth-order valence-corrected chi connectivity index (χ4v) is 6.77. The predicted octanol–water partition coefficient (Wildman–Crippen LogP) is 12.1. The monoisotopic (exact) mass is 588 g/mol. The molecule has 0 bridgehead atoms. The van der Waals surface area contributed by atoms with Crippen LogP contribution in [-0.4, -0.2) is 4.98 Å². The Bertz CT molecular complexity index is 2510. The molecule has 2 heterocycles. The zero-order valence-corrected chi connectivity index (χ0v) is 25.0. The quantitative estimate of drug-likeness (QED) is 0.187. The molecule has 7 aromatic carbocycles. The van der Waals surface area contributed by atoms with Gasteiger partial charge in [-0.3, -0.25) is 0 Å². The zero-order valence-electron chi connectivity index (χ0n) is 25.0. The van der Waals surface area contributed by atoms with Crippen LogP contribution in [0.1, 0.15) is 0 Å². The molecule has 0 saturated carbocycles. The van der Waals surface area contributed by atoms with Gasteiger partial charge in [0, 0.05) is 17.6 Å². The summed E-state index contributed by atoms with van der Waals surface area (Å²) in [5.74, 6) is 0. The maximum Gasteiger partial charge on any atom is 0.227 e. The molecule has 0 atom stereocenters. The van der Waals surface area contributed by atoms with E-state index in [1.807, 2.05) is 12.1 Å². The number of hydrogen-bond donors (Lipinski definition) is 0. The van der Waals surface area contributed by atoms with E-state index in [4.69, 9.17) is 4.42 Å². The van der Waals surface area contributed by atoms with E-state index in [1.165, 1.54) is 43.8 Å². The summed E-state index contributed by atoms with van der Waals surface area (Å²) < 4.78 is 6.21. The summed E-state index contributed by atoms with van der Waals surface area (Å²) in [5, 5.41) is 7.09. The van der Waals surface area contributed by atoms with E-state index in [-0.39, 0.29) is 0 Å². The molecule has 46 heavy (non-hydrogen) atoms. The van der Waals surface area contributed by atoms with Gasteiger partial charge in [-0.05, 0) is 98.4 Å². The number of hydrogen-bond acceptors (Lipinski definition) is 3. The standard InChI is InChI=1S/C43H28N2O/c1-2-10-29(11-3-1)30-19-23-33(24-20-30)45(40-17-8-18-41-42(40)38-16-9-27-44-43(38)46-41)34-25-21-31(22-26-34)39-28-32-12-4-5-13-35(32)36-14-6-7-15-37(36)39/h1-28H. The van der Waals surface area contributed by atoms with E-state index in [2.05, 4.69) is 162 Å². The average Bonchev–Trinajstić information content (AvgIpc) is 3.52. The van der Waals surface area contributed by atoms with Crippen LogP contribution in [0.5, 0.6) is 0 Å². The molecule has 0 radical (unpaired) electrons. The van der Waals surface area contributed by atoms with Crippen molar-refractivity contribution in [1.82, 2.24) is 4.98 Å². The molecule has 3 heteroatoms. The Morgan fingerprint density at radius 2 is 1.09 bits per heavy atom. The van der Waals surface area contributed by atoms with Gasteiger partial charge in [0.25, 0.3) is 0 Å². The number of anilines is 3. The van der Waals surface area contributed by atoms with Gasteiger partial charge in [0.15, 0.2) is 0 Å². The highest BCUT2D eigenvalue weighted by molar-refractivity contribution is 6.14. The van der Waals surface area contributed by atoms with Gasteiger partial charge in [-0.1, -0.05) is 109 Å². The van der Waals surface area contributed by atoms with Crippen LogP contribution in [0.3, 0.4) is 0 Å². The summed E-state index contributed by atoms with van der Waals surface area (Å²) in [5.41, 5.74) is 9.41. The molecule has 2 aromatic heterocycles. The first kappa shape index (κ1) is 26.2. The summed E-state index contributed by atoms with van der Waals surface area (Å²) in [6.07, 6.45) is 1.78. The molecule has 0 unspecified atom stereocenters. The van der Waals surface area contributed by atoms with Crippen LogP contribution in [0.25, 0.3) is 65.9 Å². The lowest BCUT2D eigenvalue weighted by atomic mass is 9.93. The lowest BCUT2D eigenvalue weighted by Gasteiger charge is -2.26. The van der Waals surface area contributed by atoms with E-state index in [0.29, 0.717) is 5.71 Å². The number of nitrogens with zero attached hydrogens (tertiary/aromatic N) is 2. The van der Waals surface area contributed by atoms with Crippen LogP contribution >= 0.6 is 0 Å². The first-order valence-corrected chi connectivity index (χ1v) is 15.5. The second kappa shape index (κ2) is 10.8. The van der Waals surface area contributed by atoms with Crippen molar-refractivity contribution in [2.24, 2.45) is 0 Å². The minimum Gasteiger partial charge on any atom is -0.438 e. The number of aromatic nitrogens is 1. The summed E-state index contributed by atoms with van der Waals surface area (Å²) in [7, 11) is 0. The number of benzene rings is 7. The smallest absolute Gasteiger partial charge is 0.227 e. The molecule has 0 N–H and O–H groups in total. The van der Waals surface area contributed by atoms with Crippen molar-refractivity contribution >= 4 is 60.7 Å². The normalized spacial score (nSPS) is 11.5. The molecule has 3 nitrogen and oxygen atoms in total. The molecular formula is C43H28N2O. The van der Waals surface area contributed by atoms with Crippen LogP contribution in [0.15, 0.2) is 174 Å². The summed E-state index contributed by atoms with van der Waals surface area (Å²) >= 11 is 0. The van der Waals surface area contributed by atoms with Crippen molar-refractivity contribution in [3.63, 3.8) is 0 Å². The first-order chi connectivity index (χ1) is 22.8. The van der Waals surface area contributed by atoms with Crippen LogP contribution < -0.4 is 4.90 Å². The first-order valence-electron chi connectivity index (χ1n) is 15.5. The van der Waals surface area contributed by atoms with E-state index in [1.54, 1.807) is 6.20 Å². The minimum absolute atomic E-state index is 0.642. The Morgan fingerprint density at radius 3 is 1.87 bits per heavy atom. The molecule has 216 valence electrons. The number of pyridine rings is 1. The van der Waals surface area contributed by atoms with Crippen molar-refractivity contribution in [2.75, 3.05) is 4.90 Å². The molecule has 9 aromatic rings. The third kappa shape index (κ3) is 4.33. The highest BCUT2D eigenvalue weighted by Crippen LogP contribution is 2.43. The molecule has 0 aliphatic heterocycles. The second-order valence-corrected chi connectivity index (χ2v) is 11.6. The number of furan rings is 1. The molecular weight excluding hydrogens is 560 g/mol. The van der Waals surface area contributed by atoms with Gasteiger partial charge < -0.3 is 9.32 Å². The van der Waals surface area contributed by atoms with E-state index >= 15 is 0 Å². The van der Waals surface area contributed by atoms with Crippen LogP contribution in [-0.2, 0) is 0 Å². The Kier molecular flexibility index (Phi) is 6.14. The topological polar surface area (TPSA) is 29.3 Å². The Hall–Kier alpha value is -6.19. The molecule has 9 rings (SSSR count). The molecule has 0 saturated heterocycles. The van der Waals surface area contributed by atoms with E-state index < -0.39 is 0 Å². The third-order valence-corrected chi connectivity index (χ3v) is 8.93. The number of rotatable bonds is 5. The van der Waals surface area contributed by atoms with Crippen molar-refractivity contribution in [3.8, 4) is 22.3 Å². The van der Waals surface area contributed by atoms with Crippen molar-refractivity contribution < 1.29 is 4.42 Å². The third-order valence-electron chi connectivity index (χ3n) is 8.93. The van der Waals surface area contributed by atoms with Crippen LogP contribution in [0.4, 0.5) is 17.1 Å². The SMILES string of the molecule is c1ccc(-c2ccc(N(c3ccc(-c4cc5ccccc5c5ccccc45)cc3)c3cccc4oc5ncccc5c34)cc2)cc1. The van der Waals surface area contributed by atoms with Gasteiger partial charge in [0.2, 0.25) is 5.71 Å². The van der Waals surface area contributed by atoms with Gasteiger partial charge in [-0.2, -0.15) is 0 Å². The summed E-state index contributed by atoms with van der Waals surface area (Å²) in [6.45, 7) is 0. The van der Waals surface area contributed by atoms with Crippen molar-refractivity contribution in [3.05, 3.63) is 170 Å². The van der Waals surface area contributed by atoms with Crippen LogP contribution in [0.2, 0.25) is 0 Å². The molecule has 0 fully saturated rings. The molecule has 0 aliphatic rings. The van der Waals surface area contributed by atoms with Gasteiger partial charge in [0.1, 0.15) is 5.58 Å². The Morgan fingerprint density at radius 1 is 0.457 bits per heavy atom. The Labute approximate surface area is 266 Å². The maximum absolute atomic E-state index is 6.21. The van der Waals surface area contributed by atoms with E-state index in [0.717, 1.165) is 33.4 Å². The zero-order chi connectivity index (χ0) is 30.5. The molecule has 0 amide bonds. The second-order valence-electron chi connectivity index (χ2n) is 11.6. The number of fused-ring (bicyclic) bond motifs is 6. The lowest BCUT2D eigenvalue weighted by Crippen LogP contribution is -2.10. The van der Waals surface area contributed by atoms with E-state index in [9.17, 15) is 0 Å². The van der Waals surface area contributed by atoms with Gasteiger partial charge in [-0.15, -0.1) is 0 Å². The fourth-order valence-electron chi connectivity index (χ4n) is 6.77. The fraction of sp³-hybridized carbons (Fsp3) is 0. The lowest BCUT2D eigenvalue weighted by molar-refractivity contribution is 0.654. The van der Waals surface area contributed by atoms with Crippen molar-refractivity contribution in [1.29, 1.82) is 0 Å². The maximum atomic E-state index is 6.21. The minimum atomic E-state index is 0.642. The highest BCUT2D eigenvalue weighted by Gasteiger charge is 2.20. The summed E-state index contributed by atoms with van der Waals surface area (Å²) in [6, 6.07) is 58.2. The average molecular weight is 589 g/mol. The molecule has 0 aliphatic carbocycles. The molecule has 0 spiro atoms. The van der Waals surface area contributed by atoms with Gasteiger partial charge in [0.05, 0.1) is 16.5 Å². The highest BCUT2D eigenvalue weighted by atomic mass is 16.3. The Balaban J connectivity index is 1.22. The van der Waals surface area contributed by atoms with Gasteiger partial charge in [-0.25, -0.2) is 4.98 Å².